The van der Waals surface area contributed by atoms with Gasteiger partial charge in [0.15, 0.2) is 5.16 Å². The van der Waals surface area contributed by atoms with Gasteiger partial charge in [0.25, 0.3) is 11.5 Å². The van der Waals surface area contributed by atoms with Gasteiger partial charge in [-0.3, -0.25) is 14.2 Å². The Balaban J connectivity index is 1.42. The first-order valence-corrected chi connectivity index (χ1v) is 16.2. The molecule has 2 aromatic carbocycles. The number of nitrogens with one attached hydrogen (secondary N) is 1. The molecule has 0 fully saturated rings. The van der Waals surface area contributed by atoms with Crippen molar-refractivity contribution in [3.63, 3.8) is 0 Å². The number of aromatic hydroxyl groups is 1. The van der Waals surface area contributed by atoms with Gasteiger partial charge in [-0.15, -0.1) is 11.3 Å². The summed E-state index contributed by atoms with van der Waals surface area (Å²) in [5.41, 5.74) is 4.68. The van der Waals surface area contributed by atoms with E-state index in [0.717, 1.165) is 45.4 Å². The Morgan fingerprint density at radius 3 is 2.79 bits per heavy atom. The smallest absolute Gasteiger partial charge is 0.267 e. The van der Waals surface area contributed by atoms with Crippen molar-refractivity contribution in [2.45, 2.75) is 37.8 Å². The van der Waals surface area contributed by atoms with E-state index in [4.69, 9.17) is 9.72 Å². The number of hydrogen-bond donors (Lipinski definition) is 2. The molecule has 0 unspecified atom stereocenters. The van der Waals surface area contributed by atoms with Crippen LogP contribution in [-0.4, -0.2) is 39.1 Å². The van der Waals surface area contributed by atoms with E-state index in [2.05, 4.69) is 33.1 Å². The summed E-state index contributed by atoms with van der Waals surface area (Å²) >= 11 is 6.97. The Morgan fingerprint density at radius 1 is 1.26 bits per heavy atom. The fraction of sp³-hybridized carbons (Fsp3) is 0.259. The monoisotopic (exact) mass is 786 g/mol. The Hall–Kier alpha value is -2.17. The molecule has 8 nitrogen and oxygen atoms in total. The van der Waals surface area contributed by atoms with Crippen LogP contribution >= 0.6 is 68.3 Å². The second kappa shape index (κ2) is 12.6. The molecule has 2 N–H and O–H groups in total. The largest absolute Gasteiger partial charge is 0.506 e. The van der Waals surface area contributed by atoms with Crippen LogP contribution in [-0.2, 0) is 17.6 Å². The van der Waals surface area contributed by atoms with Crippen LogP contribution in [0, 0.1) is 7.14 Å². The lowest BCUT2D eigenvalue weighted by Gasteiger charge is -2.14. The standard InChI is InChI=1S/C27H24I2N4O4S2/c1-2-37-18-9-7-17(8-10-18)33-26(36)23-19-5-3-4-6-21(19)39-25(23)31-27(33)38-14-22(34)32-30-13-15-11-16(28)12-20(29)24(15)35/h7-13,35H,2-6,14H2,1H3,(H,32,34). The fourth-order valence-electron chi connectivity index (χ4n) is 4.39. The van der Waals surface area contributed by atoms with Crippen molar-refractivity contribution in [1.29, 1.82) is 0 Å². The Bertz CT molecular complexity index is 1630. The summed E-state index contributed by atoms with van der Waals surface area (Å²) in [7, 11) is 0. The van der Waals surface area contributed by atoms with Gasteiger partial charge in [0, 0.05) is 14.0 Å². The molecule has 5 rings (SSSR count). The topological polar surface area (TPSA) is 106 Å². The second-order valence-electron chi connectivity index (χ2n) is 8.76. The van der Waals surface area contributed by atoms with Crippen molar-refractivity contribution in [3.8, 4) is 17.2 Å². The van der Waals surface area contributed by atoms with Gasteiger partial charge in [0.05, 0.1) is 33.2 Å². The first kappa shape index (κ1) is 28.4. The molecule has 4 aromatic rings. The number of thiophene rings is 1. The summed E-state index contributed by atoms with van der Waals surface area (Å²) < 4.78 is 8.81. The van der Waals surface area contributed by atoms with Gasteiger partial charge in [-0.1, -0.05) is 11.8 Å². The predicted octanol–water partition coefficient (Wildman–Crippen LogP) is 5.88. The minimum atomic E-state index is -0.353. The quantitative estimate of drug-likeness (QED) is 0.0761. The number of rotatable bonds is 8. The van der Waals surface area contributed by atoms with Crippen LogP contribution in [0.3, 0.4) is 0 Å². The van der Waals surface area contributed by atoms with Gasteiger partial charge in [0.2, 0.25) is 0 Å². The van der Waals surface area contributed by atoms with Gasteiger partial charge in [0.1, 0.15) is 16.3 Å². The molecule has 0 bridgehead atoms. The van der Waals surface area contributed by atoms with E-state index in [1.54, 1.807) is 22.0 Å². The number of thioether (sulfide) groups is 1. The molecule has 1 aliphatic carbocycles. The number of phenolic OH excluding ortho intramolecular Hbond substituents is 1. The zero-order valence-electron chi connectivity index (χ0n) is 20.9. The highest BCUT2D eigenvalue weighted by Gasteiger charge is 2.23. The molecule has 0 aliphatic heterocycles. The lowest BCUT2D eigenvalue weighted by atomic mass is 9.97. The maximum absolute atomic E-state index is 13.9. The maximum Gasteiger partial charge on any atom is 0.267 e. The molecule has 0 atom stereocenters. The number of aromatic nitrogens is 2. The molecule has 0 radical (unpaired) electrons. The predicted molar refractivity (Wildman–Crippen MR) is 173 cm³/mol. The van der Waals surface area contributed by atoms with E-state index in [1.165, 1.54) is 22.9 Å². The maximum atomic E-state index is 13.9. The molecule has 202 valence electrons. The number of carbonyl (C=O) groups is 1. The molecule has 2 aromatic heterocycles. The summed E-state index contributed by atoms with van der Waals surface area (Å²) in [6.45, 7) is 2.47. The summed E-state index contributed by atoms with van der Waals surface area (Å²) in [5.74, 6) is 0.484. The SMILES string of the molecule is CCOc1ccc(-n2c(SCC(=O)NN=Cc3cc(I)cc(I)c3O)nc3sc4c(c3c2=O)CCCC4)cc1. The van der Waals surface area contributed by atoms with Crippen molar-refractivity contribution in [2.75, 3.05) is 12.4 Å². The van der Waals surface area contributed by atoms with E-state index in [0.29, 0.717) is 32.0 Å². The molecular weight excluding hydrogens is 762 g/mol. The average Bonchev–Trinajstić information content (AvgIpc) is 3.30. The molecule has 0 spiro atoms. The van der Waals surface area contributed by atoms with Gasteiger partial charge in [-0.25, -0.2) is 10.4 Å². The summed E-state index contributed by atoms with van der Waals surface area (Å²) in [6, 6.07) is 11.0. The number of amides is 1. The first-order valence-electron chi connectivity index (χ1n) is 12.3. The van der Waals surface area contributed by atoms with Crippen molar-refractivity contribution >= 4 is 90.6 Å². The third-order valence-corrected chi connectivity index (χ3v) is 9.72. The molecule has 0 saturated heterocycles. The zero-order valence-corrected chi connectivity index (χ0v) is 26.8. The second-order valence-corrected chi connectivity index (χ2v) is 13.2. The number of fused-ring (bicyclic) bond motifs is 3. The number of phenols is 1. The lowest BCUT2D eigenvalue weighted by molar-refractivity contribution is -0.118. The van der Waals surface area contributed by atoms with Crippen LogP contribution in [0.5, 0.6) is 11.5 Å². The number of nitrogens with zero attached hydrogens (tertiary/aromatic N) is 3. The number of halogens is 2. The first-order chi connectivity index (χ1) is 18.9. The van der Waals surface area contributed by atoms with Crippen molar-refractivity contribution < 1.29 is 14.6 Å². The summed E-state index contributed by atoms with van der Waals surface area (Å²) in [6.07, 6.45) is 5.46. The van der Waals surface area contributed by atoms with E-state index in [1.807, 2.05) is 59.8 Å². The molecular formula is C27H24I2N4O4S2. The number of carbonyl (C=O) groups excluding carboxylic acids is 1. The number of benzene rings is 2. The molecule has 1 amide bonds. The Morgan fingerprint density at radius 2 is 2.03 bits per heavy atom. The van der Waals surface area contributed by atoms with Crippen molar-refractivity contribution in [2.24, 2.45) is 5.10 Å². The normalized spacial score (nSPS) is 13.1. The van der Waals surface area contributed by atoms with Crippen LogP contribution < -0.4 is 15.7 Å². The van der Waals surface area contributed by atoms with Crippen LogP contribution in [0.25, 0.3) is 15.9 Å². The van der Waals surface area contributed by atoms with Crippen molar-refractivity contribution in [3.05, 3.63) is 69.9 Å². The highest BCUT2D eigenvalue weighted by atomic mass is 127. The highest BCUT2D eigenvalue weighted by molar-refractivity contribution is 14.1. The van der Waals surface area contributed by atoms with Crippen LogP contribution in [0.4, 0.5) is 0 Å². The van der Waals surface area contributed by atoms with Gasteiger partial charge in [-0.2, -0.15) is 5.10 Å². The Labute approximate surface area is 260 Å². The van der Waals surface area contributed by atoms with Gasteiger partial charge >= 0.3 is 0 Å². The summed E-state index contributed by atoms with van der Waals surface area (Å²) in [4.78, 5) is 33.4. The molecule has 39 heavy (non-hydrogen) atoms. The third-order valence-electron chi connectivity index (χ3n) is 6.15. The zero-order chi connectivity index (χ0) is 27.5. The van der Waals surface area contributed by atoms with E-state index >= 15 is 0 Å². The minimum absolute atomic E-state index is 0.00719. The van der Waals surface area contributed by atoms with Crippen LogP contribution in [0.15, 0.2) is 51.5 Å². The minimum Gasteiger partial charge on any atom is -0.506 e. The molecule has 0 saturated carbocycles. The number of ether oxygens (including phenoxy) is 1. The number of hydrogen-bond acceptors (Lipinski definition) is 8. The molecule has 2 heterocycles. The number of aryl methyl sites for hydroxylation is 2. The van der Waals surface area contributed by atoms with E-state index in [9.17, 15) is 14.7 Å². The van der Waals surface area contributed by atoms with Crippen LogP contribution in [0.1, 0.15) is 35.8 Å². The van der Waals surface area contributed by atoms with Gasteiger partial charge in [-0.05, 0) is 120 Å². The van der Waals surface area contributed by atoms with E-state index in [-0.39, 0.29) is 23.0 Å². The highest BCUT2D eigenvalue weighted by Crippen LogP contribution is 2.35. The number of hydrazone groups is 1. The van der Waals surface area contributed by atoms with Crippen molar-refractivity contribution in [1.82, 2.24) is 15.0 Å². The third kappa shape index (κ3) is 6.28. The fourth-order valence-corrected chi connectivity index (χ4v) is 8.39. The molecule has 12 heteroatoms. The van der Waals surface area contributed by atoms with Gasteiger partial charge < -0.3 is 9.84 Å². The van der Waals surface area contributed by atoms with Crippen LogP contribution in [0.2, 0.25) is 0 Å². The Kier molecular flexibility index (Phi) is 9.13. The average molecular weight is 786 g/mol. The molecule has 1 aliphatic rings. The lowest BCUT2D eigenvalue weighted by Crippen LogP contribution is -2.24. The summed E-state index contributed by atoms with van der Waals surface area (Å²) in [5, 5.41) is 15.4. The van der Waals surface area contributed by atoms with E-state index < -0.39 is 0 Å².